The van der Waals surface area contributed by atoms with Crippen molar-refractivity contribution in [2.24, 2.45) is 0 Å². The monoisotopic (exact) mass is 318 g/mol. The second kappa shape index (κ2) is 6.49. The number of urea groups is 1. The van der Waals surface area contributed by atoms with Crippen LogP contribution in [0.5, 0.6) is 0 Å². The van der Waals surface area contributed by atoms with Gasteiger partial charge in [-0.15, -0.1) is 0 Å². The molecule has 1 fully saturated rings. The van der Waals surface area contributed by atoms with Gasteiger partial charge < -0.3 is 20.1 Å². The van der Waals surface area contributed by atoms with Crippen molar-refractivity contribution in [3.63, 3.8) is 0 Å². The van der Waals surface area contributed by atoms with Gasteiger partial charge in [-0.05, 0) is 29.4 Å². The molecule has 126 valence electrons. The van der Waals surface area contributed by atoms with Gasteiger partial charge in [0.05, 0.1) is 31.9 Å². The summed E-state index contributed by atoms with van der Waals surface area (Å²) in [6.45, 7) is 5.97. The van der Waals surface area contributed by atoms with Gasteiger partial charge in [0.25, 0.3) is 0 Å². The summed E-state index contributed by atoms with van der Waals surface area (Å²) in [5.41, 5.74) is 2.70. The molecule has 0 saturated carbocycles. The second-order valence-corrected chi connectivity index (χ2v) is 7.13. The summed E-state index contributed by atoms with van der Waals surface area (Å²) >= 11 is 0. The van der Waals surface area contributed by atoms with Gasteiger partial charge in [-0.2, -0.15) is 0 Å². The van der Waals surface area contributed by atoms with Gasteiger partial charge in [0.2, 0.25) is 0 Å². The molecule has 1 aliphatic carbocycles. The third-order valence-electron chi connectivity index (χ3n) is 5.05. The lowest BCUT2D eigenvalue weighted by Gasteiger charge is -2.39. The number of carbonyl (C=O) groups excluding carboxylic acids is 1. The van der Waals surface area contributed by atoms with Gasteiger partial charge in [0.1, 0.15) is 0 Å². The first-order valence-electron chi connectivity index (χ1n) is 8.38. The number of aliphatic hydroxyl groups is 1. The highest BCUT2D eigenvalue weighted by Crippen LogP contribution is 2.41. The Balaban J connectivity index is 1.72. The third-order valence-corrected chi connectivity index (χ3v) is 5.05. The van der Waals surface area contributed by atoms with E-state index in [-0.39, 0.29) is 30.2 Å². The Labute approximate surface area is 137 Å². The van der Waals surface area contributed by atoms with Gasteiger partial charge in [0.15, 0.2) is 0 Å². The van der Waals surface area contributed by atoms with Gasteiger partial charge in [-0.1, -0.05) is 38.1 Å². The molecule has 2 N–H and O–H groups in total. The van der Waals surface area contributed by atoms with Gasteiger partial charge in [-0.25, -0.2) is 4.79 Å². The lowest BCUT2D eigenvalue weighted by Crippen LogP contribution is -2.51. The van der Waals surface area contributed by atoms with E-state index < -0.39 is 0 Å². The number of aliphatic hydroxyl groups excluding tert-OH is 1. The van der Waals surface area contributed by atoms with E-state index in [1.165, 1.54) is 11.1 Å². The fourth-order valence-electron chi connectivity index (χ4n) is 3.62. The average molecular weight is 318 g/mol. The number of hydrogen-bond donors (Lipinski definition) is 2. The van der Waals surface area contributed by atoms with Gasteiger partial charge in [-0.3, -0.25) is 0 Å². The van der Waals surface area contributed by atoms with Crippen LogP contribution in [0.3, 0.4) is 0 Å². The predicted molar refractivity (Wildman–Crippen MR) is 88.4 cm³/mol. The number of carbonyl (C=O) groups is 1. The number of amides is 2. The van der Waals surface area contributed by atoms with Crippen LogP contribution in [0.1, 0.15) is 43.9 Å². The minimum absolute atomic E-state index is 0.0514. The highest BCUT2D eigenvalue weighted by molar-refractivity contribution is 5.75. The Kier molecular flexibility index (Phi) is 4.60. The maximum absolute atomic E-state index is 12.6. The number of nitrogens with zero attached hydrogens (tertiary/aromatic N) is 1. The largest absolute Gasteiger partial charge is 0.394 e. The molecule has 2 amide bonds. The first-order valence-corrected chi connectivity index (χ1v) is 8.38. The van der Waals surface area contributed by atoms with Crippen LogP contribution in [-0.2, 0) is 10.2 Å². The van der Waals surface area contributed by atoms with Crippen LogP contribution in [0.25, 0.3) is 0 Å². The number of benzene rings is 1. The lowest BCUT2D eigenvalue weighted by atomic mass is 9.71. The molecule has 2 atom stereocenters. The lowest BCUT2D eigenvalue weighted by molar-refractivity contribution is -0.0405. The van der Waals surface area contributed by atoms with Crippen LogP contribution in [0.15, 0.2) is 24.3 Å². The number of morpholine rings is 1. The van der Waals surface area contributed by atoms with Crippen LogP contribution in [0.4, 0.5) is 4.79 Å². The van der Waals surface area contributed by atoms with Crippen molar-refractivity contribution in [1.29, 1.82) is 0 Å². The number of rotatable bonds is 2. The predicted octanol–water partition coefficient (Wildman–Crippen LogP) is 2.20. The third kappa shape index (κ3) is 3.35. The topological polar surface area (TPSA) is 61.8 Å². The maximum Gasteiger partial charge on any atom is 0.318 e. The molecule has 2 aliphatic rings. The molecular weight excluding hydrogens is 292 g/mol. The van der Waals surface area contributed by atoms with Crippen molar-refractivity contribution in [1.82, 2.24) is 10.2 Å². The SMILES string of the molecule is CC1(C)CC[C@H](NC(=O)N2CCO[C@H](CO)C2)c2ccccc21. The number of nitrogens with one attached hydrogen (secondary N) is 1. The molecule has 23 heavy (non-hydrogen) atoms. The van der Waals surface area contributed by atoms with Crippen LogP contribution in [0.2, 0.25) is 0 Å². The summed E-state index contributed by atoms with van der Waals surface area (Å²) in [7, 11) is 0. The van der Waals surface area contributed by atoms with Crippen LogP contribution >= 0.6 is 0 Å². The quantitative estimate of drug-likeness (QED) is 0.879. The van der Waals surface area contributed by atoms with E-state index in [0.717, 1.165) is 12.8 Å². The Hall–Kier alpha value is -1.59. The normalized spacial score (nSPS) is 26.5. The molecule has 0 spiro atoms. The average Bonchev–Trinajstić information content (AvgIpc) is 2.57. The van der Waals surface area contributed by atoms with Crippen LogP contribution in [-0.4, -0.2) is 48.4 Å². The zero-order valence-corrected chi connectivity index (χ0v) is 13.9. The summed E-state index contributed by atoms with van der Waals surface area (Å²) < 4.78 is 5.41. The van der Waals surface area contributed by atoms with Crippen molar-refractivity contribution in [3.05, 3.63) is 35.4 Å². The molecule has 1 heterocycles. The first kappa shape index (κ1) is 16.3. The second-order valence-electron chi connectivity index (χ2n) is 7.13. The summed E-state index contributed by atoms with van der Waals surface area (Å²) in [6, 6.07) is 8.39. The maximum atomic E-state index is 12.6. The number of fused-ring (bicyclic) bond motifs is 1. The standard InChI is InChI=1S/C18H26N2O3/c1-18(2)8-7-16(14-5-3-4-6-15(14)18)19-17(22)20-9-10-23-13(11-20)12-21/h3-6,13,16,21H,7-12H2,1-2H3,(H,19,22)/t13-,16-/m0/s1. The zero-order valence-electron chi connectivity index (χ0n) is 13.9. The van der Waals surface area contributed by atoms with Crippen molar-refractivity contribution in [2.75, 3.05) is 26.3 Å². The van der Waals surface area contributed by atoms with Gasteiger partial charge >= 0.3 is 6.03 Å². The Morgan fingerprint density at radius 1 is 1.43 bits per heavy atom. The molecule has 1 saturated heterocycles. The highest BCUT2D eigenvalue weighted by atomic mass is 16.5. The molecule has 1 aromatic rings. The molecule has 0 unspecified atom stereocenters. The van der Waals surface area contributed by atoms with Crippen molar-refractivity contribution in [3.8, 4) is 0 Å². The van der Waals surface area contributed by atoms with E-state index in [2.05, 4.69) is 37.4 Å². The van der Waals surface area contributed by atoms with Crippen molar-refractivity contribution in [2.45, 2.75) is 44.2 Å². The number of ether oxygens (including phenoxy) is 1. The smallest absolute Gasteiger partial charge is 0.318 e. The van der Waals surface area contributed by atoms with E-state index >= 15 is 0 Å². The molecule has 1 aromatic carbocycles. The van der Waals surface area contributed by atoms with Crippen LogP contribution < -0.4 is 5.32 Å². The van der Waals surface area contributed by atoms with E-state index in [1.807, 2.05) is 6.07 Å². The zero-order chi connectivity index (χ0) is 16.4. The van der Waals surface area contributed by atoms with E-state index in [9.17, 15) is 9.90 Å². The fourth-order valence-corrected chi connectivity index (χ4v) is 3.62. The first-order chi connectivity index (χ1) is 11.0. The summed E-state index contributed by atoms with van der Waals surface area (Å²) in [6.07, 6.45) is 1.73. The molecule has 0 radical (unpaired) electrons. The highest BCUT2D eigenvalue weighted by Gasteiger charge is 2.34. The Morgan fingerprint density at radius 2 is 2.22 bits per heavy atom. The fraction of sp³-hybridized carbons (Fsp3) is 0.611. The molecule has 0 bridgehead atoms. The van der Waals surface area contributed by atoms with E-state index in [1.54, 1.807) is 4.90 Å². The molecule has 1 aliphatic heterocycles. The van der Waals surface area contributed by atoms with Crippen LogP contribution in [0, 0.1) is 0 Å². The molecular formula is C18H26N2O3. The Bertz CT molecular complexity index is 573. The summed E-state index contributed by atoms with van der Waals surface area (Å²) in [4.78, 5) is 14.3. The van der Waals surface area contributed by atoms with E-state index in [0.29, 0.717) is 19.7 Å². The minimum atomic E-state index is -0.271. The van der Waals surface area contributed by atoms with Crippen molar-refractivity contribution < 1.29 is 14.6 Å². The summed E-state index contributed by atoms with van der Waals surface area (Å²) in [5.74, 6) is 0. The van der Waals surface area contributed by atoms with Crippen molar-refractivity contribution >= 4 is 6.03 Å². The minimum Gasteiger partial charge on any atom is -0.394 e. The van der Waals surface area contributed by atoms with E-state index in [4.69, 9.17) is 4.74 Å². The number of hydrogen-bond acceptors (Lipinski definition) is 3. The molecule has 5 heteroatoms. The van der Waals surface area contributed by atoms with Gasteiger partial charge in [0, 0.05) is 6.54 Å². The Morgan fingerprint density at radius 3 is 3.00 bits per heavy atom. The summed E-state index contributed by atoms with van der Waals surface area (Å²) in [5, 5.41) is 12.4. The molecule has 5 nitrogen and oxygen atoms in total. The molecule has 0 aromatic heterocycles. The molecule has 3 rings (SSSR count).